The number of amidine groups is 1. The minimum absolute atomic E-state index is 0.157. The molecule has 2 aromatic rings. The zero-order chi connectivity index (χ0) is 17.3. The summed E-state index contributed by atoms with van der Waals surface area (Å²) in [4.78, 5) is 17.3. The van der Waals surface area contributed by atoms with Crippen LogP contribution in [0.25, 0.3) is 6.08 Å². The smallest absolute Gasteiger partial charge is 0.264 e. The number of hydrogen-bond donors (Lipinski definition) is 2. The second kappa shape index (κ2) is 6.53. The first-order valence-corrected chi connectivity index (χ1v) is 8.41. The Morgan fingerprint density at radius 2 is 1.75 bits per heavy atom. The molecule has 122 valence electrons. The van der Waals surface area contributed by atoms with Gasteiger partial charge in [-0.05, 0) is 79.1 Å². The van der Waals surface area contributed by atoms with Crippen LogP contribution in [-0.4, -0.2) is 16.2 Å². The van der Waals surface area contributed by atoms with E-state index in [4.69, 9.17) is 0 Å². The summed E-state index contributed by atoms with van der Waals surface area (Å²) in [7, 11) is 0. The van der Waals surface area contributed by atoms with E-state index in [-0.39, 0.29) is 5.91 Å². The van der Waals surface area contributed by atoms with Crippen LogP contribution >= 0.6 is 11.8 Å². The lowest BCUT2D eigenvalue weighted by molar-refractivity contribution is -0.115. The lowest BCUT2D eigenvalue weighted by Crippen LogP contribution is -2.19. The van der Waals surface area contributed by atoms with E-state index in [2.05, 4.69) is 10.3 Å². The van der Waals surface area contributed by atoms with Crippen LogP contribution in [0.4, 0.5) is 5.69 Å². The minimum atomic E-state index is -0.157. The Morgan fingerprint density at radius 1 is 1.08 bits per heavy atom. The highest BCUT2D eigenvalue weighted by atomic mass is 32.2. The van der Waals surface area contributed by atoms with Gasteiger partial charge >= 0.3 is 0 Å². The summed E-state index contributed by atoms with van der Waals surface area (Å²) in [5.41, 5.74) is 4.37. The molecule has 24 heavy (non-hydrogen) atoms. The highest BCUT2D eigenvalue weighted by Gasteiger charge is 2.24. The molecular formula is C19H18N2O2S. The van der Waals surface area contributed by atoms with E-state index < -0.39 is 0 Å². The zero-order valence-corrected chi connectivity index (χ0v) is 14.6. The molecule has 0 bridgehead atoms. The first-order chi connectivity index (χ1) is 11.4. The lowest BCUT2D eigenvalue weighted by atomic mass is 10.1. The molecule has 2 N–H and O–H groups in total. The number of hydrogen-bond acceptors (Lipinski definition) is 4. The first kappa shape index (κ1) is 16.3. The van der Waals surface area contributed by atoms with Gasteiger partial charge in [0.25, 0.3) is 5.91 Å². The number of thioether (sulfide) groups is 1. The van der Waals surface area contributed by atoms with Gasteiger partial charge in [0.2, 0.25) is 0 Å². The maximum Gasteiger partial charge on any atom is 0.264 e. The van der Waals surface area contributed by atoms with E-state index in [9.17, 15) is 9.90 Å². The SMILES string of the molecule is Cc1ccccc1N=C1NC(=O)C(=Cc2cc(C)c(O)c(C)c2)S1. The maximum atomic E-state index is 12.2. The van der Waals surface area contributed by atoms with Crippen molar-refractivity contribution < 1.29 is 9.90 Å². The fraction of sp³-hybridized carbons (Fsp3) is 0.158. The quantitative estimate of drug-likeness (QED) is 0.806. The molecule has 0 radical (unpaired) electrons. The summed E-state index contributed by atoms with van der Waals surface area (Å²) >= 11 is 1.32. The molecule has 3 rings (SSSR count). The number of aryl methyl sites for hydroxylation is 3. The number of carbonyl (C=O) groups excluding carboxylic acids is 1. The summed E-state index contributed by atoms with van der Waals surface area (Å²) in [6.45, 7) is 5.67. The lowest BCUT2D eigenvalue weighted by Gasteiger charge is -2.05. The van der Waals surface area contributed by atoms with Crippen molar-refractivity contribution in [3.05, 3.63) is 63.6 Å². The van der Waals surface area contributed by atoms with Crippen molar-refractivity contribution in [1.29, 1.82) is 0 Å². The van der Waals surface area contributed by atoms with Gasteiger partial charge in [0, 0.05) is 0 Å². The number of aliphatic imine (C=N–C) groups is 1. The molecule has 4 nitrogen and oxygen atoms in total. The molecule has 2 aromatic carbocycles. The largest absolute Gasteiger partial charge is 0.507 e. The number of amides is 1. The molecule has 0 aliphatic carbocycles. The van der Waals surface area contributed by atoms with Gasteiger partial charge in [-0.3, -0.25) is 4.79 Å². The van der Waals surface area contributed by atoms with Crippen molar-refractivity contribution in [2.24, 2.45) is 4.99 Å². The summed E-state index contributed by atoms with van der Waals surface area (Å²) in [5, 5.41) is 13.2. The number of phenolic OH excluding ortho intramolecular Hbond substituents is 1. The summed E-state index contributed by atoms with van der Waals surface area (Å²) in [6, 6.07) is 11.5. The molecule has 0 unspecified atom stereocenters. The molecule has 1 fully saturated rings. The van der Waals surface area contributed by atoms with Crippen molar-refractivity contribution >= 4 is 34.6 Å². The van der Waals surface area contributed by atoms with Gasteiger partial charge in [-0.15, -0.1) is 0 Å². The van der Waals surface area contributed by atoms with E-state index in [1.165, 1.54) is 11.8 Å². The number of para-hydroxylation sites is 1. The summed E-state index contributed by atoms with van der Waals surface area (Å²) < 4.78 is 0. The fourth-order valence-corrected chi connectivity index (χ4v) is 3.34. The average molecular weight is 338 g/mol. The van der Waals surface area contributed by atoms with E-state index in [0.29, 0.717) is 15.8 Å². The van der Waals surface area contributed by atoms with Crippen LogP contribution in [0.15, 0.2) is 46.3 Å². The monoisotopic (exact) mass is 338 g/mol. The van der Waals surface area contributed by atoms with E-state index in [0.717, 1.165) is 27.9 Å². The highest BCUT2D eigenvalue weighted by Crippen LogP contribution is 2.30. The third kappa shape index (κ3) is 3.36. The van der Waals surface area contributed by atoms with Crippen molar-refractivity contribution in [3.63, 3.8) is 0 Å². The molecule has 1 saturated heterocycles. The normalized spacial score (nSPS) is 17.5. The second-order valence-corrected chi connectivity index (χ2v) is 6.80. The number of benzene rings is 2. The predicted molar refractivity (Wildman–Crippen MR) is 99.6 cm³/mol. The standard InChI is InChI=1S/C19H18N2O2S/c1-11-6-4-5-7-15(11)20-19-21-18(23)16(24-19)10-14-8-12(2)17(22)13(3)9-14/h4-10,22H,1-3H3,(H,20,21,23). The molecule has 1 aliphatic rings. The first-order valence-electron chi connectivity index (χ1n) is 7.59. The van der Waals surface area contributed by atoms with Gasteiger partial charge < -0.3 is 10.4 Å². The summed E-state index contributed by atoms with van der Waals surface area (Å²) in [6.07, 6.45) is 1.82. The van der Waals surface area contributed by atoms with Gasteiger partial charge in [-0.1, -0.05) is 18.2 Å². The minimum Gasteiger partial charge on any atom is -0.507 e. The van der Waals surface area contributed by atoms with Crippen LogP contribution in [0.1, 0.15) is 22.3 Å². The number of aromatic hydroxyl groups is 1. The van der Waals surface area contributed by atoms with Gasteiger partial charge in [-0.25, -0.2) is 4.99 Å². The topological polar surface area (TPSA) is 61.7 Å². The molecule has 0 saturated carbocycles. The second-order valence-electron chi connectivity index (χ2n) is 5.77. The Bertz CT molecular complexity index is 862. The van der Waals surface area contributed by atoms with Crippen molar-refractivity contribution in [2.45, 2.75) is 20.8 Å². The van der Waals surface area contributed by atoms with Crippen LogP contribution in [0.2, 0.25) is 0 Å². The number of carbonyl (C=O) groups is 1. The average Bonchev–Trinajstić information content (AvgIpc) is 2.87. The Hall–Kier alpha value is -2.53. The van der Waals surface area contributed by atoms with Crippen LogP contribution in [-0.2, 0) is 4.79 Å². The molecule has 0 aromatic heterocycles. The van der Waals surface area contributed by atoms with Gasteiger partial charge in [0.05, 0.1) is 10.6 Å². The number of phenols is 1. The molecular weight excluding hydrogens is 320 g/mol. The molecule has 5 heteroatoms. The molecule has 1 heterocycles. The van der Waals surface area contributed by atoms with Crippen molar-refractivity contribution in [3.8, 4) is 5.75 Å². The van der Waals surface area contributed by atoms with Crippen LogP contribution < -0.4 is 5.32 Å². The van der Waals surface area contributed by atoms with Gasteiger partial charge in [-0.2, -0.15) is 0 Å². The van der Waals surface area contributed by atoms with E-state index >= 15 is 0 Å². The Morgan fingerprint density at radius 3 is 2.42 bits per heavy atom. The molecule has 0 atom stereocenters. The number of rotatable bonds is 2. The fourth-order valence-electron chi connectivity index (χ4n) is 2.50. The third-order valence-electron chi connectivity index (χ3n) is 3.80. The summed E-state index contributed by atoms with van der Waals surface area (Å²) in [5.74, 6) is 0.137. The highest BCUT2D eigenvalue weighted by molar-refractivity contribution is 8.18. The van der Waals surface area contributed by atoms with Crippen LogP contribution in [0.3, 0.4) is 0 Å². The third-order valence-corrected chi connectivity index (χ3v) is 4.71. The van der Waals surface area contributed by atoms with E-state index in [1.54, 1.807) is 0 Å². The van der Waals surface area contributed by atoms with Crippen molar-refractivity contribution in [2.75, 3.05) is 0 Å². The Balaban J connectivity index is 1.89. The zero-order valence-electron chi connectivity index (χ0n) is 13.8. The van der Waals surface area contributed by atoms with Crippen LogP contribution in [0, 0.1) is 20.8 Å². The van der Waals surface area contributed by atoms with Gasteiger partial charge in [0.15, 0.2) is 5.17 Å². The van der Waals surface area contributed by atoms with E-state index in [1.807, 2.05) is 63.2 Å². The number of nitrogens with zero attached hydrogens (tertiary/aromatic N) is 1. The molecule has 1 amide bonds. The van der Waals surface area contributed by atoms with Crippen LogP contribution in [0.5, 0.6) is 5.75 Å². The van der Waals surface area contributed by atoms with Gasteiger partial charge in [0.1, 0.15) is 5.75 Å². The van der Waals surface area contributed by atoms with Crippen molar-refractivity contribution in [1.82, 2.24) is 5.32 Å². The maximum absolute atomic E-state index is 12.2. The Labute approximate surface area is 145 Å². The Kier molecular flexibility index (Phi) is 4.44. The predicted octanol–water partition coefficient (Wildman–Crippen LogP) is 4.21. The number of nitrogens with one attached hydrogen (secondary N) is 1. The molecule has 1 aliphatic heterocycles. The molecule has 0 spiro atoms.